The molecule has 40 heavy (non-hydrogen) atoms. The number of nitrogens with zero attached hydrogens (tertiary/aromatic N) is 5. The third kappa shape index (κ3) is 3.77. The van der Waals surface area contributed by atoms with Crippen LogP contribution >= 0.6 is 11.3 Å². The first-order chi connectivity index (χ1) is 21.5. The summed E-state index contributed by atoms with van der Waals surface area (Å²) in [6.07, 6.45) is 0. The highest BCUT2D eigenvalue weighted by Gasteiger charge is 2.19. The van der Waals surface area contributed by atoms with E-state index in [-0.39, 0.29) is 35.5 Å². The van der Waals surface area contributed by atoms with E-state index in [2.05, 4.69) is 29.2 Å². The van der Waals surface area contributed by atoms with Gasteiger partial charge in [-0.2, -0.15) is 9.97 Å². The van der Waals surface area contributed by atoms with E-state index in [1.165, 1.54) is 0 Å². The van der Waals surface area contributed by atoms with Crippen LogP contribution in [0.5, 0.6) is 0 Å². The number of benzene rings is 5. The monoisotopic (exact) mass is 535 g/mol. The highest BCUT2D eigenvalue weighted by atomic mass is 32.1. The van der Waals surface area contributed by atoms with Gasteiger partial charge in [-0.25, -0.2) is 9.97 Å². The molecule has 8 aromatic rings. The van der Waals surface area contributed by atoms with Gasteiger partial charge in [-0.3, -0.25) is 4.57 Å². The van der Waals surface area contributed by atoms with Crippen molar-refractivity contribution in [2.24, 2.45) is 0 Å². The van der Waals surface area contributed by atoms with Crippen molar-refractivity contribution in [3.8, 4) is 39.3 Å². The summed E-state index contributed by atoms with van der Waals surface area (Å²) in [4.78, 5) is 19.4. The second-order valence-electron chi connectivity index (χ2n) is 9.29. The standard InChI is InChI=1S/C34H21N5S/c1-2-10-22(11-3-1)23-18-20-24(21-19-23)31-36-32(33-35-27-14-6-9-17-30(27)40-33)38-34(37-31)39-28-15-7-4-12-25(28)26-13-5-8-16-29(26)39/h1-21H/i6D,9D,14D,17D. The maximum atomic E-state index is 8.43. The zero-order valence-electron chi connectivity index (χ0n) is 25.0. The van der Waals surface area contributed by atoms with E-state index in [0.717, 1.165) is 49.8 Å². The van der Waals surface area contributed by atoms with Crippen LogP contribution in [0, 0.1) is 0 Å². The quantitative estimate of drug-likeness (QED) is 0.226. The zero-order chi connectivity index (χ0) is 29.9. The molecule has 0 aliphatic carbocycles. The first-order valence-corrected chi connectivity index (χ1v) is 13.6. The third-order valence-corrected chi connectivity index (χ3v) is 7.86. The van der Waals surface area contributed by atoms with Crippen LogP contribution in [0.25, 0.3) is 71.3 Å². The summed E-state index contributed by atoms with van der Waals surface area (Å²) in [7, 11) is 0. The fraction of sp³-hybridized carbons (Fsp3) is 0. The van der Waals surface area contributed by atoms with Gasteiger partial charge in [0.1, 0.15) is 0 Å². The fourth-order valence-corrected chi connectivity index (χ4v) is 5.84. The summed E-state index contributed by atoms with van der Waals surface area (Å²) in [5, 5.41) is 2.53. The molecule has 0 spiro atoms. The van der Waals surface area contributed by atoms with Crippen LogP contribution in [-0.2, 0) is 0 Å². The highest BCUT2D eigenvalue weighted by molar-refractivity contribution is 7.21. The summed E-state index contributed by atoms with van der Waals surface area (Å²) in [6, 6.07) is 33.5. The van der Waals surface area contributed by atoms with Crippen molar-refractivity contribution in [3.05, 3.63) is 127 Å². The van der Waals surface area contributed by atoms with Gasteiger partial charge in [0, 0.05) is 16.3 Å². The average molecular weight is 536 g/mol. The Morgan fingerprint density at radius 3 is 1.90 bits per heavy atom. The Bertz CT molecular complexity index is 2290. The van der Waals surface area contributed by atoms with Crippen LogP contribution in [0.2, 0.25) is 0 Å². The first-order valence-electron chi connectivity index (χ1n) is 14.8. The van der Waals surface area contributed by atoms with Gasteiger partial charge >= 0.3 is 0 Å². The Hall–Kier alpha value is -5.20. The molecular formula is C34H21N5S. The molecule has 3 aromatic heterocycles. The third-order valence-electron chi connectivity index (χ3n) is 6.89. The maximum Gasteiger partial charge on any atom is 0.238 e. The van der Waals surface area contributed by atoms with E-state index in [0.29, 0.717) is 21.5 Å². The number of aromatic nitrogens is 5. The van der Waals surface area contributed by atoms with Crippen molar-refractivity contribution < 1.29 is 5.48 Å². The molecule has 0 N–H and O–H groups in total. The first kappa shape index (κ1) is 19.0. The minimum absolute atomic E-state index is 0.127. The van der Waals surface area contributed by atoms with Crippen molar-refractivity contribution in [1.82, 2.24) is 24.5 Å². The molecule has 0 amide bonds. The van der Waals surface area contributed by atoms with Gasteiger partial charge in [-0.15, -0.1) is 11.3 Å². The van der Waals surface area contributed by atoms with Gasteiger partial charge in [0.25, 0.3) is 0 Å². The second-order valence-corrected chi connectivity index (χ2v) is 10.3. The SMILES string of the molecule is [2H]c1c([2H])c([2H])c2sc(-c3nc(-c4ccc(-c5ccccc5)cc4)nc(-n4c5ccccc5c5ccccc54)n3)nc2c1[2H]. The summed E-state index contributed by atoms with van der Waals surface area (Å²) >= 11 is 1.15. The number of hydrogen-bond donors (Lipinski definition) is 0. The van der Waals surface area contributed by atoms with E-state index in [1.54, 1.807) is 0 Å². The van der Waals surface area contributed by atoms with Crippen LogP contribution in [-0.4, -0.2) is 24.5 Å². The Kier molecular flexibility index (Phi) is 4.37. The summed E-state index contributed by atoms with van der Waals surface area (Å²) in [5.74, 6) is 1.15. The molecule has 0 saturated heterocycles. The van der Waals surface area contributed by atoms with Gasteiger partial charge in [-0.1, -0.05) is 103 Å². The molecule has 3 heterocycles. The molecule has 0 unspecified atom stereocenters. The van der Waals surface area contributed by atoms with Crippen molar-refractivity contribution in [3.63, 3.8) is 0 Å². The lowest BCUT2D eigenvalue weighted by molar-refractivity contribution is 0.952. The molecule has 0 radical (unpaired) electrons. The van der Waals surface area contributed by atoms with Crippen LogP contribution in [0.4, 0.5) is 0 Å². The van der Waals surface area contributed by atoms with Gasteiger partial charge in [0.05, 0.1) is 26.7 Å². The van der Waals surface area contributed by atoms with Gasteiger partial charge in [0.15, 0.2) is 16.7 Å². The lowest BCUT2D eigenvalue weighted by Gasteiger charge is -2.10. The Balaban J connectivity index is 1.38. The van der Waals surface area contributed by atoms with E-state index < -0.39 is 0 Å². The Morgan fingerprint density at radius 2 is 1.15 bits per heavy atom. The summed E-state index contributed by atoms with van der Waals surface area (Å²) in [6.45, 7) is 0. The molecule has 0 fully saturated rings. The van der Waals surface area contributed by atoms with E-state index >= 15 is 0 Å². The maximum absolute atomic E-state index is 8.43. The molecule has 5 nitrogen and oxygen atoms in total. The molecule has 8 rings (SSSR count). The Labute approximate surface area is 239 Å². The van der Waals surface area contributed by atoms with E-state index in [9.17, 15) is 0 Å². The topological polar surface area (TPSA) is 56.5 Å². The highest BCUT2D eigenvalue weighted by Crippen LogP contribution is 2.34. The summed E-state index contributed by atoms with van der Waals surface area (Å²) in [5.41, 5.74) is 5.06. The number of fused-ring (bicyclic) bond motifs is 4. The average Bonchev–Trinajstić information content (AvgIpc) is 3.67. The smallest absolute Gasteiger partial charge is 0.238 e. The van der Waals surface area contributed by atoms with Gasteiger partial charge < -0.3 is 0 Å². The minimum Gasteiger partial charge on any atom is -0.278 e. The minimum atomic E-state index is -0.319. The van der Waals surface area contributed by atoms with Crippen molar-refractivity contribution in [1.29, 1.82) is 0 Å². The molecule has 188 valence electrons. The molecule has 0 saturated carbocycles. The number of thiazole rings is 1. The van der Waals surface area contributed by atoms with Gasteiger partial charge in [0.2, 0.25) is 5.95 Å². The number of para-hydroxylation sites is 3. The van der Waals surface area contributed by atoms with Crippen LogP contribution in [0.3, 0.4) is 0 Å². The van der Waals surface area contributed by atoms with Gasteiger partial charge in [-0.05, 0) is 35.3 Å². The van der Waals surface area contributed by atoms with Crippen LogP contribution < -0.4 is 0 Å². The molecule has 5 aromatic carbocycles. The normalized spacial score (nSPS) is 12.9. The molecule has 0 aliphatic heterocycles. The lowest BCUT2D eigenvalue weighted by Crippen LogP contribution is -2.06. The largest absolute Gasteiger partial charge is 0.278 e. The summed E-state index contributed by atoms with van der Waals surface area (Å²) < 4.78 is 35.4. The predicted octanol–water partition coefficient (Wildman–Crippen LogP) is 8.58. The molecule has 0 aliphatic rings. The molecule has 0 atom stereocenters. The van der Waals surface area contributed by atoms with Crippen molar-refractivity contribution in [2.75, 3.05) is 0 Å². The predicted molar refractivity (Wildman–Crippen MR) is 164 cm³/mol. The number of rotatable bonds is 4. The molecule has 6 heteroatoms. The Morgan fingerprint density at radius 1 is 0.550 bits per heavy atom. The van der Waals surface area contributed by atoms with Crippen LogP contribution in [0.1, 0.15) is 5.48 Å². The van der Waals surface area contributed by atoms with Crippen molar-refractivity contribution in [2.45, 2.75) is 0 Å². The van der Waals surface area contributed by atoms with Crippen LogP contribution in [0.15, 0.2) is 127 Å². The van der Waals surface area contributed by atoms with E-state index in [1.807, 2.05) is 83.4 Å². The second kappa shape index (κ2) is 9.22. The number of hydrogen-bond acceptors (Lipinski definition) is 5. The zero-order valence-corrected chi connectivity index (χ0v) is 21.8. The lowest BCUT2D eigenvalue weighted by atomic mass is 10.0. The molecular weight excluding hydrogens is 510 g/mol. The fourth-order valence-electron chi connectivity index (χ4n) is 5.03. The van der Waals surface area contributed by atoms with E-state index in [4.69, 9.17) is 20.4 Å². The molecule has 0 bridgehead atoms. The van der Waals surface area contributed by atoms with Crippen molar-refractivity contribution >= 4 is 43.4 Å².